The van der Waals surface area contributed by atoms with Crippen LogP contribution < -0.4 is 0 Å². The maximum Gasteiger partial charge on any atom is 0.227 e. The zero-order chi connectivity index (χ0) is 16.5. The maximum absolute atomic E-state index is 13.1. The van der Waals surface area contributed by atoms with Gasteiger partial charge >= 0.3 is 0 Å². The fourth-order valence-electron chi connectivity index (χ4n) is 4.59. The molecule has 0 radical (unpaired) electrons. The lowest BCUT2D eigenvalue weighted by Crippen LogP contribution is -2.51. The van der Waals surface area contributed by atoms with E-state index in [1.54, 1.807) is 0 Å². The number of hydrogen-bond donors (Lipinski definition) is 0. The van der Waals surface area contributed by atoms with E-state index in [0.717, 1.165) is 32.5 Å². The fraction of sp³-hybridized carbons (Fsp3) is 0.737. The molecule has 1 aromatic heterocycles. The van der Waals surface area contributed by atoms with Gasteiger partial charge in [-0.2, -0.15) is 0 Å². The molecule has 4 heterocycles. The van der Waals surface area contributed by atoms with Crippen LogP contribution >= 0.6 is 11.3 Å². The molecule has 5 heteroatoms. The molecule has 0 aromatic carbocycles. The normalized spacial score (nSPS) is 27.2. The summed E-state index contributed by atoms with van der Waals surface area (Å²) in [6.45, 7) is 6.33. The van der Waals surface area contributed by atoms with Crippen molar-refractivity contribution in [2.45, 2.75) is 44.7 Å². The van der Waals surface area contributed by atoms with Gasteiger partial charge in [0.15, 0.2) is 0 Å². The summed E-state index contributed by atoms with van der Waals surface area (Å²) in [6.07, 6.45) is 5.83. The summed E-state index contributed by atoms with van der Waals surface area (Å²) in [6, 6.07) is 2.90. The highest BCUT2D eigenvalue weighted by atomic mass is 32.1. The number of hydrogen-bond acceptors (Lipinski definition) is 4. The average molecular weight is 348 g/mol. The Balaban J connectivity index is 1.36. The predicted molar refractivity (Wildman–Crippen MR) is 98.3 cm³/mol. The zero-order valence-corrected chi connectivity index (χ0v) is 15.6. The summed E-state index contributed by atoms with van der Waals surface area (Å²) in [4.78, 5) is 21.7. The summed E-state index contributed by atoms with van der Waals surface area (Å²) in [5.74, 6) is 0.628. The molecule has 0 spiro atoms. The minimum Gasteiger partial charge on any atom is -0.338 e. The quantitative estimate of drug-likeness (QED) is 0.822. The van der Waals surface area contributed by atoms with Crippen molar-refractivity contribution in [1.29, 1.82) is 0 Å². The van der Waals surface area contributed by atoms with Crippen LogP contribution in [0.1, 0.15) is 36.1 Å². The molecule has 0 saturated carbocycles. The van der Waals surface area contributed by atoms with Crippen LogP contribution in [0.25, 0.3) is 0 Å². The summed E-state index contributed by atoms with van der Waals surface area (Å²) in [5, 5.41) is 2.17. The van der Waals surface area contributed by atoms with Gasteiger partial charge in [0.1, 0.15) is 0 Å². The molecule has 1 aromatic rings. The molecule has 0 N–H and O–H groups in total. The van der Waals surface area contributed by atoms with Crippen molar-refractivity contribution >= 4 is 17.2 Å². The van der Waals surface area contributed by atoms with Crippen molar-refractivity contribution in [3.05, 3.63) is 21.9 Å². The molecule has 3 aliphatic heterocycles. The van der Waals surface area contributed by atoms with Crippen molar-refractivity contribution in [3.8, 4) is 0 Å². The third-order valence-corrected chi connectivity index (χ3v) is 7.15. The molecule has 24 heavy (non-hydrogen) atoms. The first kappa shape index (κ1) is 16.6. The summed E-state index contributed by atoms with van der Waals surface area (Å²) in [5.41, 5.74) is 1.38. The van der Waals surface area contributed by atoms with Gasteiger partial charge < -0.3 is 9.80 Å². The van der Waals surface area contributed by atoms with Crippen LogP contribution in [-0.4, -0.2) is 66.4 Å². The Bertz CT molecular complexity index is 579. The average Bonchev–Trinajstić information content (AvgIpc) is 3.09. The van der Waals surface area contributed by atoms with Gasteiger partial charge in [-0.3, -0.25) is 9.69 Å². The van der Waals surface area contributed by atoms with Gasteiger partial charge in [-0.25, -0.2) is 0 Å². The van der Waals surface area contributed by atoms with E-state index in [9.17, 15) is 4.79 Å². The van der Waals surface area contributed by atoms with E-state index in [-0.39, 0.29) is 5.92 Å². The minimum atomic E-state index is 0.221. The number of amides is 1. The van der Waals surface area contributed by atoms with Crippen LogP contribution in [-0.2, 0) is 17.8 Å². The van der Waals surface area contributed by atoms with E-state index < -0.39 is 0 Å². The highest BCUT2D eigenvalue weighted by Gasteiger charge is 2.34. The largest absolute Gasteiger partial charge is 0.338 e. The summed E-state index contributed by atoms with van der Waals surface area (Å²) in [7, 11) is 2.22. The predicted octanol–water partition coefficient (Wildman–Crippen LogP) is 2.44. The maximum atomic E-state index is 13.1. The lowest BCUT2D eigenvalue weighted by atomic mass is 9.92. The van der Waals surface area contributed by atoms with E-state index in [1.165, 1.54) is 49.3 Å². The lowest BCUT2D eigenvalue weighted by Gasteiger charge is -2.42. The van der Waals surface area contributed by atoms with Gasteiger partial charge in [0, 0.05) is 30.6 Å². The monoisotopic (exact) mass is 347 g/mol. The molecule has 1 amide bonds. The van der Waals surface area contributed by atoms with Gasteiger partial charge in [0.05, 0.1) is 5.92 Å². The molecule has 4 nitrogen and oxygen atoms in total. The Labute approximate surface area is 149 Å². The van der Waals surface area contributed by atoms with Crippen LogP contribution in [0.4, 0.5) is 0 Å². The lowest BCUT2D eigenvalue weighted by molar-refractivity contribution is -0.138. The van der Waals surface area contributed by atoms with E-state index in [1.807, 2.05) is 11.3 Å². The van der Waals surface area contributed by atoms with Gasteiger partial charge in [-0.05, 0) is 75.8 Å². The Kier molecular flexibility index (Phi) is 4.93. The number of likely N-dealkylation sites (tertiary alicyclic amines) is 2. The second kappa shape index (κ2) is 7.14. The number of carbonyl (C=O) groups excluding carboxylic acids is 1. The van der Waals surface area contributed by atoms with E-state index in [0.29, 0.717) is 11.9 Å². The number of piperidine rings is 2. The van der Waals surface area contributed by atoms with E-state index in [4.69, 9.17) is 0 Å². The van der Waals surface area contributed by atoms with E-state index >= 15 is 0 Å². The number of nitrogens with zero attached hydrogens (tertiary/aromatic N) is 3. The number of rotatable bonds is 2. The standard InChI is InChI=1S/C19H29N3OS/c1-20-9-4-17(5-10-20)21-8-2-3-16(14-21)19(23)22-11-6-18-15(13-22)7-12-24-18/h7,12,16-17H,2-6,8-11,13-14H2,1H3/t16-/m1/s1. The van der Waals surface area contributed by atoms with Crippen LogP contribution in [0, 0.1) is 5.92 Å². The van der Waals surface area contributed by atoms with Gasteiger partial charge in [0.25, 0.3) is 0 Å². The number of carbonyl (C=O) groups is 1. The van der Waals surface area contributed by atoms with Crippen molar-refractivity contribution < 1.29 is 4.79 Å². The van der Waals surface area contributed by atoms with Crippen LogP contribution in [0.3, 0.4) is 0 Å². The fourth-order valence-corrected chi connectivity index (χ4v) is 5.48. The SMILES string of the molecule is CN1CCC(N2CCC[C@@H](C(=O)N3CCc4sccc4C3)C2)CC1. The summed E-state index contributed by atoms with van der Waals surface area (Å²) >= 11 is 1.84. The molecule has 0 bridgehead atoms. The third kappa shape index (κ3) is 3.39. The molecule has 132 valence electrons. The Morgan fingerprint density at radius 3 is 2.83 bits per heavy atom. The second-order valence-electron chi connectivity index (χ2n) is 7.75. The summed E-state index contributed by atoms with van der Waals surface area (Å²) < 4.78 is 0. The Hall–Kier alpha value is -0.910. The zero-order valence-electron chi connectivity index (χ0n) is 14.7. The van der Waals surface area contributed by atoms with Gasteiger partial charge in [-0.1, -0.05) is 0 Å². The Morgan fingerprint density at radius 1 is 1.17 bits per heavy atom. The number of fused-ring (bicyclic) bond motifs is 1. The molecular weight excluding hydrogens is 318 g/mol. The molecule has 0 unspecified atom stereocenters. The van der Waals surface area contributed by atoms with Gasteiger partial charge in [0.2, 0.25) is 5.91 Å². The molecule has 2 saturated heterocycles. The smallest absolute Gasteiger partial charge is 0.227 e. The molecule has 0 aliphatic carbocycles. The molecular formula is C19H29N3OS. The highest BCUT2D eigenvalue weighted by Crippen LogP contribution is 2.28. The van der Waals surface area contributed by atoms with Crippen LogP contribution in [0.5, 0.6) is 0 Å². The van der Waals surface area contributed by atoms with Crippen molar-refractivity contribution in [2.24, 2.45) is 5.92 Å². The highest BCUT2D eigenvalue weighted by molar-refractivity contribution is 7.10. The second-order valence-corrected chi connectivity index (χ2v) is 8.75. The number of thiophene rings is 1. The van der Waals surface area contributed by atoms with Gasteiger partial charge in [-0.15, -0.1) is 11.3 Å². The van der Waals surface area contributed by atoms with Crippen molar-refractivity contribution in [3.63, 3.8) is 0 Å². The minimum absolute atomic E-state index is 0.221. The van der Waals surface area contributed by atoms with Crippen molar-refractivity contribution in [1.82, 2.24) is 14.7 Å². The Morgan fingerprint density at radius 2 is 2.00 bits per heavy atom. The third-order valence-electron chi connectivity index (χ3n) is 6.13. The van der Waals surface area contributed by atoms with Crippen molar-refractivity contribution in [2.75, 3.05) is 39.8 Å². The van der Waals surface area contributed by atoms with Crippen LogP contribution in [0.15, 0.2) is 11.4 Å². The first-order valence-electron chi connectivity index (χ1n) is 9.47. The topological polar surface area (TPSA) is 26.8 Å². The van der Waals surface area contributed by atoms with Crippen LogP contribution in [0.2, 0.25) is 0 Å². The first-order valence-corrected chi connectivity index (χ1v) is 10.4. The first-order chi connectivity index (χ1) is 11.7. The molecule has 2 fully saturated rings. The molecule has 3 aliphatic rings. The van der Waals surface area contributed by atoms with E-state index in [2.05, 4.69) is 33.2 Å². The molecule has 4 rings (SSSR count). The molecule has 1 atom stereocenters.